The molecule has 0 radical (unpaired) electrons. The fourth-order valence-electron chi connectivity index (χ4n) is 1.81. The lowest BCUT2D eigenvalue weighted by Crippen LogP contribution is -2.25. The van der Waals surface area contributed by atoms with Crippen molar-refractivity contribution in [2.75, 3.05) is 12.3 Å². The zero-order valence-corrected chi connectivity index (χ0v) is 11.3. The molecule has 1 heterocycles. The summed E-state index contributed by atoms with van der Waals surface area (Å²) in [6.07, 6.45) is 0.324. The monoisotopic (exact) mass is 283 g/mol. The number of amides is 1. The Morgan fingerprint density at radius 2 is 2.00 bits per heavy atom. The Morgan fingerprint density at radius 3 is 2.72 bits per heavy atom. The predicted octanol–water partition coefficient (Wildman–Crippen LogP) is 1.25. The highest BCUT2D eigenvalue weighted by Gasteiger charge is 2.26. The minimum absolute atomic E-state index is 0.132. The van der Waals surface area contributed by atoms with Crippen molar-refractivity contribution < 1.29 is 13.2 Å². The van der Waals surface area contributed by atoms with E-state index in [1.54, 1.807) is 24.3 Å². The number of carbonyl (C=O) groups excluding carboxylic acids is 1. The van der Waals surface area contributed by atoms with E-state index in [9.17, 15) is 13.2 Å². The quantitative estimate of drug-likeness (QED) is 0.818. The molecule has 96 valence electrons. The van der Waals surface area contributed by atoms with Crippen molar-refractivity contribution in [1.82, 2.24) is 5.32 Å². The van der Waals surface area contributed by atoms with Crippen molar-refractivity contribution in [2.24, 2.45) is 0 Å². The number of sulfone groups is 1. The van der Waals surface area contributed by atoms with Crippen LogP contribution in [0.4, 0.5) is 0 Å². The fourth-order valence-corrected chi connectivity index (χ4v) is 3.50. The van der Waals surface area contributed by atoms with E-state index in [4.69, 9.17) is 0 Å². The van der Waals surface area contributed by atoms with Crippen molar-refractivity contribution in [1.29, 1.82) is 0 Å². The molecule has 0 saturated heterocycles. The molecule has 6 heteroatoms. The highest BCUT2D eigenvalue weighted by molar-refractivity contribution is 7.95. The van der Waals surface area contributed by atoms with Crippen LogP contribution in [0.2, 0.25) is 0 Å². The van der Waals surface area contributed by atoms with Gasteiger partial charge in [0.15, 0.2) is 0 Å². The molecule has 0 unspecified atom stereocenters. The van der Waals surface area contributed by atoms with E-state index in [-0.39, 0.29) is 12.5 Å². The maximum absolute atomic E-state index is 11.8. The second kappa shape index (κ2) is 5.16. The van der Waals surface area contributed by atoms with Crippen molar-refractivity contribution in [2.45, 2.75) is 11.3 Å². The van der Waals surface area contributed by atoms with Crippen LogP contribution >= 0.6 is 12.6 Å². The third kappa shape index (κ3) is 2.59. The number of rotatable bonds is 4. The molecule has 2 rings (SSSR count). The van der Waals surface area contributed by atoms with Crippen LogP contribution in [0.1, 0.15) is 12.0 Å². The van der Waals surface area contributed by atoms with E-state index in [1.807, 2.05) is 0 Å². The van der Waals surface area contributed by atoms with Gasteiger partial charge in [-0.25, -0.2) is 8.42 Å². The number of hydrogen-bond acceptors (Lipinski definition) is 4. The first kappa shape index (κ1) is 13.2. The van der Waals surface area contributed by atoms with Crippen LogP contribution in [0.25, 0.3) is 5.57 Å². The molecule has 4 nitrogen and oxygen atoms in total. The predicted molar refractivity (Wildman–Crippen MR) is 73.1 cm³/mol. The lowest BCUT2D eigenvalue weighted by atomic mass is 10.1. The largest absolute Gasteiger partial charge is 0.352 e. The molecule has 1 N–H and O–H groups in total. The maximum Gasteiger partial charge on any atom is 0.221 e. The van der Waals surface area contributed by atoms with Gasteiger partial charge < -0.3 is 5.32 Å². The number of hydrogen-bond donors (Lipinski definition) is 2. The molecule has 0 aliphatic carbocycles. The molecule has 0 bridgehead atoms. The van der Waals surface area contributed by atoms with Gasteiger partial charge in [0.05, 0.1) is 4.90 Å². The van der Waals surface area contributed by atoms with Gasteiger partial charge >= 0.3 is 0 Å². The second-order valence-electron chi connectivity index (χ2n) is 3.93. The number of benzene rings is 1. The van der Waals surface area contributed by atoms with Gasteiger partial charge in [0.25, 0.3) is 0 Å². The molecule has 1 aliphatic rings. The van der Waals surface area contributed by atoms with Crippen molar-refractivity contribution in [3.05, 3.63) is 35.2 Å². The van der Waals surface area contributed by atoms with Gasteiger partial charge in [-0.15, -0.1) is 0 Å². The lowest BCUT2D eigenvalue weighted by Gasteiger charge is -2.06. The molecular weight excluding hydrogens is 270 g/mol. The smallest absolute Gasteiger partial charge is 0.221 e. The Balaban J connectivity index is 2.19. The number of thiol groups is 1. The Bertz CT molecular complexity index is 606. The maximum atomic E-state index is 11.8. The SMILES string of the molecule is O=C(CCS)NCC1=CS(=O)(=O)c2ccccc21. The number of fused-ring (bicyclic) bond motifs is 1. The lowest BCUT2D eigenvalue weighted by molar-refractivity contribution is -0.120. The third-order valence-electron chi connectivity index (χ3n) is 2.65. The summed E-state index contributed by atoms with van der Waals surface area (Å²) in [4.78, 5) is 11.6. The third-order valence-corrected chi connectivity index (χ3v) is 4.44. The van der Waals surface area contributed by atoms with Crippen molar-refractivity contribution >= 4 is 33.9 Å². The molecule has 0 fully saturated rings. The summed E-state index contributed by atoms with van der Waals surface area (Å²) in [5.74, 6) is 0.340. The molecule has 0 atom stereocenters. The number of nitrogens with one attached hydrogen (secondary N) is 1. The van der Waals surface area contributed by atoms with E-state index in [1.165, 1.54) is 5.41 Å². The summed E-state index contributed by atoms with van der Waals surface area (Å²) in [6.45, 7) is 0.225. The Kier molecular flexibility index (Phi) is 3.77. The summed E-state index contributed by atoms with van der Waals surface area (Å²) in [6, 6.07) is 6.79. The average Bonchev–Trinajstić information content (AvgIpc) is 2.60. The van der Waals surface area contributed by atoms with Crippen molar-refractivity contribution in [3.63, 3.8) is 0 Å². The van der Waals surface area contributed by atoms with Crippen LogP contribution in [0.5, 0.6) is 0 Å². The summed E-state index contributed by atoms with van der Waals surface area (Å²) in [5, 5.41) is 3.90. The Labute approximate surface area is 111 Å². The van der Waals surface area contributed by atoms with Crippen LogP contribution in [-0.2, 0) is 14.6 Å². The molecule has 0 spiro atoms. The Morgan fingerprint density at radius 1 is 1.28 bits per heavy atom. The van der Waals surface area contributed by atoms with Crippen LogP contribution in [-0.4, -0.2) is 26.6 Å². The van der Waals surface area contributed by atoms with E-state index in [0.29, 0.717) is 28.2 Å². The molecule has 1 aromatic carbocycles. The first-order valence-corrected chi connectivity index (χ1v) is 7.65. The first-order chi connectivity index (χ1) is 8.54. The average molecular weight is 283 g/mol. The van der Waals surface area contributed by atoms with Crippen LogP contribution in [0.15, 0.2) is 34.6 Å². The molecular formula is C12H13NO3S2. The molecule has 0 aromatic heterocycles. The van der Waals surface area contributed by atoms with Gasteiger partial charge in [-0.3, -0.25) is 4.79 Å². The number of carbonyl (C=O) groups is 1. The zero-order chi connectivity index (χ0) is 13.2. The minimum atomic E-state index is -3.34. The summed E-state index contributed by atoms with van der Waals surface area (Å²) < 4.78 is 23.7. The summed E-state index contributed by atoms with van der Waals surface area (Å²) >= 11 is 3.96. The molecule has 1 aromatic rings. The molecule has 1 amide bonds. The van der Waals surface area contributed by atoms with Crippen LogP contribution in [0.3, 0.4) is 0 Å². The van der Waals surface area contributed by atoms with Gasteiger partial charge in [-0.2, -0.15) is 12.6 Å². The standard InChI is InChI=1S/C12H13NO3S2/c14-12(5-6-17)13-7-9-8-18(15,16)11-4-2-1-3-10(9)11/h1-4,8,17H,5-7H2,(H,13,14). The molecule has 1 aliphatic heterocycles. The van der Waals surface area contributed by atoms with Crippen molar-refractivity contribution in [3.8, 4) is 0 Å². The molecule has 0 saturated carbocycles. The Hall–Kier alpha value is -1.27. The topological polar surface area (TPSA) is 63.2 Å². The zero-order valence-electron chi connectivity index (χ0n) is 9.59. The van der Waals surface area contributed by atoms with E-state index >= 15 is 0 Å². The first-order valence-electron chi connectivity index (χ1n) is 5.47. The van der Waals surface area contributed by atoms with E-state index in [2.05, 4.69) is 17.9 Å². The highest BCUT2D eigenvalue weighted by Crippen LogP contribution is 2.32. The van der Waals surface area contributed by atoms with Crippen LogP contribution in [0, 0.1) is 0 Å². The van der Waals surface area contributed by atoms with Gasteiger partial charge in [-0.05, 0) is 23.0 Å². The van der Waals surface area contributed by atoms with Gasteiger partial charge in [0.2, 0.25) is 15.7 Å². The summed E-state index contributed by atoms with van der Waals surface area (Å²) in [7, 11) is -3.34. The van der Waals surface area contributed by atoms with E-state index in [0.717, 1.165) is 0 Å². The van der Waals surface area contributed by atoms with Gasteiger partial charge in [0.1, 0.15) is 0 Å². The second-order valence-corrected chi connectivity index (χ2v) is 6.15. The van der Waals surface area contributed by atoms with E-state index < -0.39 is 9.84 Å². The summed E-state index contributed by atoms with van der Waals surface area (Å²) in [5.41, 5.74) is 1.29. The normalized spacial score (nSPS) is 15.9. The molecule has 18 heavy (non-hydrogen) atoms. The minimum Gasteiger partial charge on any atom is -0.352 e. The van der Waals surface area contributed by atoms with Crippen LogP contribution < -0.4 is 5.32 Å². The van der Waals surface area contributed by atoms with Gasteiger partial charge in [0, 0.05) is 18.4 Å². The van der Waals surface area contributed by atoms with Gasteiger partial charge in [-0.1, -0.05) is 18.2 Å². The highest BCUT2D eigenvalue weighted by atomic mass is 32.2. The fraction of sp³-hybridized carbons (Fsp3) is 0.250.